The SMILES string of the molecule is O=C1NC(=Nc2ccc(F)c(F)c2)/C(=C/c2cccc3cccnc23)S1. The third kappa shape index (κ3) is 3.21. The average Bonchev–Trinajstić information content (AvgIpc) is 2.97. The zero-order valence-corrected chi connectivity index (χ0v) is 14.1. The summed E-state index contributed by atoms with van der Waals surface area (Å²) in [4.78, 5) is 21.0. The Morgan fingerprint density at radius 3 is 2.77 bits per heavy atom. The van der Waals surface area contributed by atoms with Crippen LogP contribution < -0.4 is 5.32 Å². The van der Waals surface area contributed by atoms with Gasteiger partial charge in [-0.1, -0.05) is 24.3 Å². The van der Waals surface area contributed by atoms with Crippen LogP contribution in [0.1, 0.15) is 5.56 Å². The molecule has 4 nitrogen and oxygen atoms in total. The number of carbonyl (C=O) groups is 1. The number of aromatic nitrogens is 1. The number of hydrogen-bond donors (Lipinski definition) is 1. The van der Waals surface area contributed by atoms with Crippen LogP contribution in [0, 0.1) is 11.6 Å². The third-order valence-electron chi connectivity index (χ3n) is 3.75. The van der Waals surface area contributed by atoms with Crippen molar-refractivity contribution < 1.29 is 13.6 Å². The quantitative estimate of drug-likeness (QED) is 0.690. The van der Waals surface area contributed by atoms with Gasteiger partial charge in [0.25, 0.3) is 5.24 Å². The second kappa shape index (κ2) is 6.68. The average molecular weight is 367 g/mol. The largest absolute Gasteiger partial charge is 0.300 e. The van der Waals surface area contributed by atoms with Crippen molar-refractivity contribution in [1.82, 2.24) is 10.3 Å². The van der Waals surface area contributed by atoms with E-state index in [-0.39, 0.29) is 10.9 Å². The van der Waals surface area contributed by atoms with Crippen LogP contribution in [0.15, 0.2) is 64.6 Å². The van der Waals surface area contributed by atoms with Gasteiger partial charge in [0.05, 0.1) is 16.1 Å². The van der Waals surface area contributed by atoms with Crippen molar-refractivity contribution >= 4 is 45.5 Å². The summed E-state index contributed by atoms with van der Waals surface area (Å²) in [6.45, 7) is 0. The van der Waals surface area contributed by atoms with E-state index in [1.54, 1.807) is 12.3 Å². The molecule has 0 saturated carbocycles. The molecule has 3 aromatic rings. The number of thioether (sulfide) groups is 1. The molecule has 2 aromatic carbocycles. The van der Waals surface area contributed by atoms with Crippen molar-refractivity contribution in [2.24, 2.45) is 4.99 Å². The zero-order valence-electron chi connectivity index (χ0n) is 13.2. The van der Waals surface area contributed by atoms with Crippen LogP contribution in [-0.2, 0) is 0 Å². The van der Waals surface area contributed by atoms with Crippen LogP contribution in [0.3, 0.4) is 0 Å². The van der Waals surface area contributed by atoms with E-state index in [1.807, 2.05) is 30.3 Å². The highest BCUT2D eigenvalue weighted by molar-refractivity contribution is 8.18. The molecule has 0 radical (unpaired) electrons. The highest BCUT2D eigenvalue weighted by Crippen LogP contribution is 2.30. The van der Waals surface area contributed by atoms with Gasteiger partial charge in [-0.3, -0.25) is 9.78 Å². The first-order valence-corrected chi connectivity index (χ1v) is 8.50. The van der Waals surface area contributed by atoms with Crippen molar-refractivity contribution in [1.29, 1.82) is 0 Å². The van der Waals surface area contributed by atoms with E-state index in [0.717, 1.165) is 40.4 Å². The van der Waals surface area contributed by atoms with Gasteiger partial charge in [-0.05, 0) is 36.0 Å². The van der Waals surface area contributed by atoms with Gasteiger partial charge in [-0.25, -0.2) is 13.8 Å². The van der Waals surface area contributed by atoms with Gasteiger partial charge < -0.3 is 5.32 Å². The van der Waals surface area contributed by atoms with Crippen LogP contribution in [0.5, 0.6) is 0 Å². The maximum Gasteiger partial charge on any atom is 0.289 e. The lowest BCUT2D eigenvalue weighted by atomic mass is 10.1. The summed E-state index contributed by atoms with van der Waals surface area (Å²) < 4.78 is 26.5. The number of amides is 1. The first-order valence-electron chi connectivity index (χ1n) is 7.68. The smallest absolute Gasteiger partial charge is 0.289 e. The number of pyridine rings is 1. The fourth-order valence-electron chi connectivity index (χ4n) is 2.58. The molecule has 1 aliphatic heterocycles. The van der Waals surface area contributed by atoms with Crippen molar-refractivity contribution in [3.63, 3.8) is 0 Å². The van der Waals surface area contributed by atoms with E-state index in [1.165, 1.54) is 6.07 Å². The number of amidine groups is 1. The molecule has 1 N–H and O–H groups in total. The molecule has 1 amide bonds. The van der Waals surface area contributed by atoms with Crippen LogP contribution in [-0.4, -0.2) is 16.1 Å². The lowest BCUT2D eigenvalue weighted by molar-refractivity contribution is 0.265. The fourth-order valence-corrected chi connectivity index (χ4v) is 3.31. The Balaban J connectivity index is 1.78. The summed E-state index contributed by atoms with van der Waals surface area (Å²) in [5.41, 5.74) is 1.85. The highest BCUT2D eigenvalue weighted by atomic mass is 32.2. The molecule has 0 bridgehead atoms. The Hall–Kier alpha value is -3.06. The number of nitrogens with one attached hydrogen (secondary N) is 1. The van der Waals surface area contributed by atoms with Crippen molar-refractivity contribution in [2.45, 2.75) is 0 Å². The molecule has 128 valence electrons. The number of halogens is 2. The standard InChI is InChI=1S/C19H11F2N3OS/c20-14-7-6-13(10-15(14)21)23-18-16(26-19(25)24-18)9-12-4-1-3-11-5-2-8-22-17(11)12/h1-10H,(H,23,24,25)/b16-9-. The van der Waals surface area contributed by atoms with E-state index in [2.05, 4.69) is 15.3 Å². The topological polar surface area (TPSA) is 54.4 Å². The number of aliphatic imine (C=N–C) groups is 1. The summed E-state index contributed by atoms with van der Waals surface area (Å²) >= 11 is 0.988. The van der Waals surface area contributed by atoms with Crippen LogP contribution in [0.2, 0.25) is 0 Å². The Labute approximate surface area is 151 Å². The van der Waals surface area contributed by atoms with E-state index in [4.69, 9.17) is 0 Å². The van der Waals surface area contributed by atoms with E-state index in [9.17, 15) is 13.6 Å². The number of hydrogen-bond acceptors (Lipinski definition) is 4. The third-order valence-corrected chi connectivity index (χ3v) is 4.57. The van der Waals surface area contributed by atoms with Crippen LogP contribution >= 0.6 is 11.8 Å². The fraction of sp³-hybridized carbons (Fsp3) is 0. The molecule has 1 aliphatic rings. The minimum absolute atomic E-state index is 0.212. The Morgan fingerprint density at radius 2 is 1.92 bits per heavy atom. The second-order valence-electron chi connectivity index (χ2n) is 5.50. The first-order chi connectivity index (χ1) is 12.6. The van der Waals surface area contributed by atoms with Crippen molar-refractivity contribution in [3.8, 4) is 0 Å². The molecule has 7 heteroatoms. The van der Waals surface area contributed by atoms with Gasteiger partial charge in [-0.2, -0.15) is 0 Å². The summed E-state index contributed by atoms with van der Waals surface area (Å²) in [5.74, 6) is -1.65. The van der Waals surface area contributed by atoms with Gasteiger partial charge in [-0.15, -0.1) is 0 Å². The lowest BCUT2D eigenvalue weighted by Crippen LogP contribution is -2.18. The number of fused-ring (bicyclic) bond motifs is 1. The first kappa shape index (κ1) is 16.4. The molecule has 0 atom stereocenters. The lowest BCUT2D eigenvalue weighted by Gasteiger charge is -2.03. The van der Waals surface area contributed by atoms with E-state index in [0.29, 0.717) is 10.7 Å². The molecular formula is C19H11F2N3OS. The number of para-hydroxylation sites is 1. The molecule has 0 unspecified atom stereocenters. The Bertz CT molecular complexity index is 1090. The predicted molar refractivity (Wildman–Crippen MR) is 99.3 cm³/mol. The Morgan fingerprint density at radius 1 is 1.08 bits per heavy atom. The molecular weight excluding hydrogens is 356 g/mol. The molecule has 1 fully saturated rings. The summed E-state index contributed by atoms with van der Waals surface area (Å²) in [5, 5.41) is 3.31. The minimum atomic E-state index is -0.993. The van der Waals surface area contributed by atoms with Gasteiger partial charge in [0.2, 0.25) is 0 Å². The Kier molecular flexibility index (Phi) is 4.22. The van der Waals surface area contributed by atoms with Crippen molar-refractivity contribution in [3.05, 3.63) is 76.8 Å². The van der Waals surface area contributed by atoms with Crippen LogP contribution in [0.4, 0.5) is 19.3 Å². The molecule has 0 aliphatic carbocycles. The normalized spacial score (nSPS) is 17.2. The zero-order chi connectivity index (χ0) is 18.1. The monoisotopic (exact) mass is 367 g/mol. The molecule has 4 rings (SSSR count). The van der Waals surface area contributed by atoms with E-state index >= 15 is 0 Å². The number of nitrogens with zero attached hydrogens (tertiary/aromatic N) is 2. The minimum Gasteiger partial charge on any atom is -0.300 e. The number of rotatable bonds is 2. The molecule has 2 heterocycles. The van der Waals surface area contributed by atoms with E-state index < -0.39 is 11.6 Å². The molecule has 1 saturated heterocycles. The summed E-state index contributed by atoms with van der Waals surface area (Å²) in [6.07, 6.45) is 3.50. The molecule has 0 spiro atoms. The molecule has 1 aromatic heterocycles. The van der Waals surface area contributed by atoms with Gasteiger partial charge in [0.1, 0.15) is 5.84 Å². The van der Waals surface area contributed by atoms with Crippen molar-refractivity contribution in [2.75, 3.05) is 0 Å². The summed E-state index contributed by atoms with van der Waals surface area (Å²) in [7, 11) is 0. The maximum atomic E-state index is 13.4. The van der Waals surface area contributed by atoms with Gasteiger partial charge in [0.15, 0.2) is 11.6 Å². The predicted octanol–water partition coefficient (Wildman–Crippen LogP) is 5.04. The maximum absolute atomic E-state index is 13.4. The number of carbonyl (C=O) groups excluding carboxylic acids is 1. The number of benzene rings is 2. The second-order valence-corrected chi connectivity index (χ2v) is 6.52. The molecule has 26 heavy (non-hydrogen) atoms. The highest BCUT2D eigenvalue weighted by Gasteiger charge is 2.24. The summed E-state index contributed by atoms with van der Waals surface area (Å²) in [6, 6.07) is 12.9. The van der Waals surface area contributed by atoms with Gasteiger partial charge in [0, 0.05) is 23.2 Å². The van der Waals surface area contributed by atoms with Gasteiger partial charge >= 0.3 is 0 Å². The van der Waals surface area contributed by atoms with Crippen LogP contribution in [0.25, 0.3) is 17.0 Å².